The summed E-state index contributed by atoms with van der Waals surface area (Å²) < 4.78 is 1.15. The molecule has 3 rings (SSSR count). The second-order valence-corrected chi connectivity index (χ2v) is 6.69. The molecule has 0 saturated carbocycles. The zero-order valence-corrected chi connectivity index (χ0v) is 13.4. The normalized spacial score (nSPS) is 11.0. The first-order valence-corrected chi connectivity index (χ1v) is 7.78. The molecule has 0 atom stereocenters. The van der Waals surface area contributed by atoms with E-state index in [9.17, 15) is 0 Å². The number of fused-ring (bicyclic) bond motifs is 1. The molecule has 0 aliphatic rings. The molecule has 0 aliphatic carbocycles. The molecule has 0 fully saturated rings. The van der Waals surface area contributed by atoms with E-state index in [2.05, 4.69) is 54.2 Å². The lowest BCUT2D eigenvalue weighted by Crippen LogP contribution is -2.17. The zero-order valence-electron chi connectivity index (χ0n) is 12.6. The van der Waals surface area contributed by atoms with Crippen molar-refractivity contribution in [2.24, 2.45) is 0 Å². The third-order valence-corrected chi connectivity index (χ3v) is 4.49. The molecular weight excluding hydrogens is 278 g/mol. The van der Waals surface area contributed by atoms with E-state index in [-0.39, 0.29) is 0 Å². The van der Waals surface area contributed by atoms with Crippen molar-refractivity contribution in [2.45, 2.75) is 20.4 Å². The van der Waals surface area contributed by atoms with Crippen molar-refractivity contribution >= 4 is 32.9 Å². The van der Waals surface area contributed by atoms with Crippen LogP contribution < -0.4 is 10.6 Å². The number of hydrogen-bond acceptors (Lipinski definition) is 4. The number of rotatable bonds is 3. The van der Waals surface area contributed by atoms with E-state index in [4.69, 9.17) is 5.73 Å². The van der Waals surface area contributed by atoms with Gasteiger partial charge in [-0.3, -0.25) is 0 Å². The van der Waals surface area contributed by atoms with Crippen molar-refractivity contribution in [3.63, 3.8) is 0 Å². The lowest BCUT2D eigenvalue weighted by molar-refractivity contribution is 0.924. The molecule has 108 valence electrons. The standard InChI is InChI=1S/C17H19N3S/c1-11-5-4-6-13(7-11)10-20(3)16-9-15-17(8-14(16)18)21-12(2)19-15/h4-9H,10,18H2,1-3H3. The Kier molecular flexibility index (Phi) is 3.55. The Morgan fingerprint density at radius 2 is 2.00 bits per heavy atom. The Labute approximate surface area is 129 Å². The maximum absolute atomic E-state index is 6.22. The van der Waals surface area contributed by atoms with Crippen molar-refractivity contribution in [3.05, 3.63) is 52.5 Å². The predicted molar refractivity (Wildman–Crippen MR) is 92.1 cm³/mol. The highest BCUT2D eigenvalue weighted by molar-refractivity contribution is 7.18. The lowest BCUT2D eigenvalue weighted by atomic mass is 10.1. The van der Waals surface area contributed by atoms with Gasteiger partial charge in [0.1, 0.15) is 0 Å². The average molecular weight is 297 g/mol. The minimum Gasteiger partial charge on any atom is -0.397 e. The van der Waals surface area contributed by atoms with Crippen LogP contribution in [0.2, 0.25) is 0 Å². The molecule has 0 spiro atoms. The molecule has 2 N–H and O–H groups in total. The molecule has 0 unspecified atom stereocenters. The van der Waals surface area contributed by atoms with E-state index < -0.39 is 0 Å². The minimum atomic E-state index is 0.807. The number of nitrogens with two attached hydrogens (primary N) is 1. The number of nitrogens with zero attached hydrogens (tertiary/aromatic N) is 2. The van der Waals surface area contributed by atoms with Crippen LogP contribution in [0.15, 0.2) is 36.4 Å². The Bertz CT molecular complexity index is 792. The van der Waals surface area contributed by atoms with Crippen LogP contribution in [0.5, 0.6) is 0 Å². The first kappa shape index (κ1) is 13.9. The number of nitrogen functional groups attached to an aromatic ring is 1. The van der Waals surface area contributed by atoms with Crippen molar-refractivity contribution in [2.75, 3.05) is 17.7 Å². The summed E-state index contributed by atoms with van der Waals surface area (Å²) in [6.07, 6.45) is 0. The first-order chi connectivity index (χ1) is 10.0. The maximum Gasteiger partial charge on any atom is 0.0907 e. The van der Waals surface area contributed by atoms with Gasteiger partial charge in [0.15, 0.2) is 0 Å². The van der Waals surface area contributed by atoms with Crippen molar-refractivity contribution < 1.29 is 0 Å². The topological polar surface area (TPSA) is 42.2 Å². The van der Waals surface area contributed by atoms with Gasteiger partial charge in [-0.1, -0.05) is 29.8 Å². The highest BCUT2D eigenvalue weighted by Gasteiger charge is 2.10. The highest BCUT2D eigenvalue weighted by atomic mass is 32.1. The van der Waals surface area contributed by atoms with E-state index in [0.717, 1.165) is 33.1 Å². The van der Waals surface area contributed by atoms with Gasteiger partial charge in [0.25, 0.3) is 0 Å². The van der Waals surface area contributed by atoms with Crippen molar-refractivity contribution in [1.82, 2.24) is 4.98 Å². The molecule has 0 aliphatic heterocycles. The fraction of sp³-hybridized carbons (Fsp3) is 0.235. The fourth-order valence-electron chi connectivity index (χ4n) is 2.59. The lowest BCUT2D eigenvalue weighted by Gasteiger charge is -2.21. The summed E-state index contributed by atoms with van der Waals surface area (Å²) in [6, 6.07) is 12.7. The Hall–Kier alpha value is -2.07. The summed E-state index contributed by atoms with van der Waals surface area (Å²) >= 11 is 1.68. The molecule has 0 amide bonds. The van der Waals surface area contributed by atoms with Gasteiger partial charge in [-0.15, -0.1) is 11.3 Å². The Morgan fingerprint density at radius 3 is 2.76 bits per heavy atom. The Morgan fingerprint density at radius 1 is 1.19 bits per heavy atom. The number of aryl methyl sites for hydroxylation is 2. The van der Waals surface area contributed by atoms with Crippen LogP contribution in [-0.4, -0.2) is 12.0 Å². The molecular formula is C17H19N3S. The molecule has 21 heavy (non-hydrogen) atoms. The summed E-state index contributed by atoms with van der Waals surface area (Å²) in [6.45, 7) is 4.97. The summed E-state index contributed by atoms with van der Waals surface area (Å²) in [4.78, 5) is 6.73. The second-order valence-electron chi connectivity index (χ2n) is 5.46. The van der Waals surface area contributed by atoms with Crippen molar-refractivity contribution in [3.8, 4) is 0 Å². The SMILES string of the molecule is Cc1cccc(CN(C)c2cc3nc(C)sc3cc2N)c1. The van der Waals surface area contributed by atoms with Gasteiger partial charge >= 0.3 is 0 Å². The van der Waals surface area contributed by atoms with Crippen LogP contribution in [0, 0.1) is 13.8 Å². The van der Waals surface area contributed by atoms with E-state index in [1.165, 1.54) is 11.1 Å². The van der Waals surface area contributed by atoms with Crippen molar-refractivity contribution in [1.29, 1.82) is 0 Å². The molecule has 3 nitrogen and oxygen atoms in total. The van der Waals surface area contributed by atoms with Crippen LogP contribution in [0.25, 0.3) is 10.2 Å². The van der Waals surface area contributed by atoms with E-state index in [1.54, 1.807) is 11.3 Å². The Balaban J connectivity index is 1.93. The van der Waals surface area contributed by atoms with Crippen LogP contribution in [0.3, 0.4) is 0 Å². The average Bonchev–Trinajstić information content (AvgIpc) is 2.76. The molecule has 2 aromatic carbocycles. The zero-order chi connectivity index (χ0) is 15.0. The smallest absolute Gasteiger partial charge is 0.0907 e. The second kappa shape index (κ2) is 5.37. The minimum absolute atomic E-state index is 0.807. The number of thiazole rings is 1. The summed E-state index contributed by atoms with van der Waals surface area (Å²) in [5, 5.41) is 1.07. The molecule has 4 heteroatoms. The summed E-state index contributed by atoms with van der Waals surface area (Å²) in [7, 11) is 2.07. The van der Waals surface area contributed by atoms with Gasteiger partial charge in [-0.05, 0) is 31.5 Å². The largest absolute Gasteiger partial charge is 0.397 e. The number of anilines is 2. The third-order valence-electron chi connectivity index (χ3n) is 3.56. The van der Waals surface area contributed by atoms with Gasteiger partial charge < -0.3 is 10.6 Å². The molecule has 0 bridgehead atoms. The van der Waals surface area contributed by atoms with Gasteiger partial charge in [-0.25, -0.2) is 4.98 Å². The fourth-order valence-corrected chi connectivity index (χ4v) is 3.45. The van der Waals surface area contributed by atoms with Crippen LogP contribution in [0.4, 0.5) is 11.4 Å². The maximum atomic E-state index is 6.22. The highest BCUT2D eigenvalue weighted by Crippen LogP contribution is 2.32. The number of benzene rings is 2. The molecule has 1 heterocycles. The van der Waals surface area contributed by atoms with Gasteiger partial charge in [0.2, 0.25) is 0 Å². The van der Waals surface area contributed by atoms with Gasteiger partial charge in [0.05, 0.1) is 26.6 Å². The number of hydrogen-bond donors (Lipinski definition) is 1. The van der Waals surface area contributed by atoms with Crippen LogP contribution >= 0.6 is 11.3 Å². The van der Waals surface area contributed by atoms with E-state index in [0.29, 0.717) is 0 Å². The number of aromatic nitrogens is 1. The summed E-state index contributed by atoms with van der Waals surface area (Å²) in [5.74, 6) is 0. The summed E-state index contributed by atoms with van der Waals surface area (Å²) in [5.41, 5.74) is 11.6. The third kappa shape index (κ3) is 2.85. The quantitative estimate of drug-likeness (QED) is 0.739. The van der Waals surface area contributed by atoms with E-state index in [1.807, 2.05) is 13.0 Å². The first-order valence-electron chi connectivity index (χ1n) is 6.96. The van der Waals surface area contributed by atoms with Gasteiger partial charge in [-0.2, -0.15) is 0 Å². The van der Waals surface area contributed by atoms with Crippen LogP contribution in [0.1, 0.15) is 16.1 Å². The van der Waals surface area contributed by atoms with Gasteiger partial charge in [0, 0.05) is 13.6 Å². The molecule has 0 radical (unpaired) electrons. The van der Waals surface area contributed by atoms with E-state index >= 15 is 0 Å². The molecule has 1 aromatic heterocycles. The molecule has 0 saturated heterocycles. The molecule has 3 aromatic rings. The van der Waals surface area contributed by atoms with Crippen LogP contribution in [-0.2, 0) is 6.54 Å². The predicted octanol–water partition coefficient (Wildman–Crippen LogP) is 4.13. The monoisotopic (exact) mass is 297 g/mol.